The fraction of sp³-hybridized carbons (Fsp3) is 0.550. The van der Waals surface area contributed by atoms with Gasteiger partial charge in [0.1, 0.15) is 16.3 Å². The summed E-state index contributed by atoms with van der Waals surface area (Å²) in [7, 11) is 0. The van der Waals surface area contributed by atoms with Crippen molar-refractivity contribution in [3.05, 3.63) is 50.4 Å². The van der Waals surface area contributed by atoms with Crippen LogP contribution in [-0.4, -0.2) is 47.1 Å². The number of nitrogens with zero attached hydrogens (tertiary/aromatic N) is 2. The average molecular weight is 420 g/mol. The highest BCUT2D eigenvalue weighted by Gasteiger charge is 2.45. The number of furan rings is 1. The lowest BCUT2D eigenvalue weighted by molar-refractivity contribution is -0.402. The van der Waals surface area contributed by atoms with Crippen LogP contribution in [0.4, 0.5) is 5.88 Å². The Balaban J connectivity index is 1.42. The van der Waals surface area contributed by atoms with Crippen molar-refractivity contribution >= 4 is 23.1 Å². The molecule has 2 unspecified atom stereocenters. The van der Waals surface area contributed by atoms with Gasteiger partial charge in [-0.15, -0.1) is 11.3 Å². The molecule has 1 amide bonds. The summed E-state index contributed by atoms with van der Waals surface area (Å²) >= 11 is 1.59. The number of carbonyl (C=O) groups is 1. The van der Waals surface area contributed by atoms with Crippen LogP contribution in [0.3, 0.4) is 0 Å². The number of morpholine rings is 1. The van der Waals surface area contributed by atoms with Gasteiger partial charge in [0.25, 0.3) is 0 Å². The van der Waals surface area contributed by atoms with E-state index in [1.54, 1.807) is 17.4 Å². The van der Waals surface area contributed by atoms with Crippen molar-refractivity contribution in [3.8, 4) is 0 Å². The van der Waals surface area contributed by atoms with Crippen molar-refractivity contribution < 1.29 is 18.9 Å². The smallest absolute Gasteiger partial charge is 0.404 e. The van der Waals surface area contributed by atoms with Crippen molar-refractivity contribution in [1.82, 2.24) is 10.2 Å². The third-order valence-corrected chi connectivity index (χ3v) is 6.60. The zero-order valence-electron chi connectivity index (χ0n) is 16.2. The molecule has 4 rings (SSSR count). The lowest BCUT2D eigenvalue weighted by Gasteiger charge is -2.49. The molecule has 1 aliphatic heterocycles. The number of hydrogen-bond acceptors (Lipinski definition) is 7. The quantitative estimate of drug-likeness (QED) is 0.571. The molecule has 9 heteroatoms. The Morgan fingerprint density at radius 1 is 1.38 bits per heavy atom. The summed E-state index contributed by atoms with van der Waals surface area (Å²) in [5.74, 6) is 0.364. The van der Waals surface area contributed by atoms with Crippen molar-refractivity contribution in [1.29, 1.82) is 0 Å². The third-order valence-electron chi connectivity index (χ3n) is 5.72. The highest BCUT2D eigenvalue weighted by Crippen LogP contribution is 2.35. The van der Waals surface area contributed by atoms with E-state index >= 15 is 0 Å². The van der Waals surface area contributed by atoms with E-state index < -0.39 is 10.5 Å². The molecule has 0 aromatic carbocycles. The van der Waals surface area contributed by atoms with Crippen LogP contribution in [0.1, 0.15) is 36.3 Å². The van der Waals surface area contributed by atoms with Gasteiger partial charge in [0.05, 0.1) is 31.7 Å². The minimum Gasteiger partial charge on any atom is -0.404 e. The predicted molar refractivity (Wildman–Crippen MR) is 108 cm³/mol. The molecule has 3 heterocycles. The second-order valence-electron chi connectivity index (χ2n) is 7.74. The molecule has 0 radical (unpaired) electrons. The number of nitrogens with one attached hydrogen (secondary N) is 1. The Morgan fingerprint density at radius 2 is 2.28 bits per heavy atom. The molecule has 8 nitrogen and oxygen atoms in total. The molecule has 2 aliphatic rings. The predicted octanol–water partition coefficient (Wildman–Crippen LogP) is 3.12. The molecular weight excluding hydrogens is 394 g/mol. The molecule has 2 atom stereocenters. The maximum Gasteiger partial charge on any atom is 0.433 e. The van der Waals surface area contributed by atoms with Gasteiger partial charge in [-0.25, -0.2) is 0 Å². The zero-order chi connectivity index (χ0) is 20.3. The van der Waals surface area contributed by atoms with Crippen LogP contribution in [0.5, 0.6) is 0 Å². The lowest BCUT2D eigenvalue weighted by atomic mass is 9.78. The summed E-state index contributed by atoms with van der Waals surface area (Å²) in [5.41, 5.74) is -0.417. The third kappa shape index (κ3) is 4.68. The minimum absolute atomic E-state index is 0.0288. The average Bonchev–Trinajstić information content (AvgIpc) is 3.36. The fourth-order valence-corrected chi connectivity index (χ4v) is 5.08. The first-order valence-corrected chi connectivity index (χ1v) is 10.8. The first kappa shape index (κ1) is 20.1. The first-order valence-electron chi connectivity index (χ1n) is 9.95. The highest BCUT2D eigenvalue weighted by molar-refractivity contribution is 7.10. The minimum atomic E-state index is -0.523. The van der Waals surface area contributed by atoms with Crippen LogP contribution in [0.25, 0.3) is 0 Å². The summed E-state index contributed by atoms with van der Waals surface area (Å²) in [5, 5.41) is 16.0. The number of nitro groups is 1. The summed E-state index contributed by atoms with van der Waals surface area (Å²) in [6.07, 6.45) is 4.32. The number of rotatable bonds is 6. The summed E-state index contributed by atoms with van der Waals surface area (Å²) in [4.78, 5) is 26.2. The number of hydrogen-bond donors (Lipinski definition) is 1. The van der Waals surface area contributed by atoms with E-state index in [0.717, 1.165) is 37.1 Å². The van der Waals surface area contributed by atoms with Crippen LogP contribution in [-0.2, 0) is 22.5 Å². The molecule has 2 aromatic rings. The van der Waals surface area contributed by atoms with Crippen LogP contribution in [0.15, 0.2) is 34.1 Å². The van der Waals surface area contributed by atoms with Crippen LogP contribution < -0.4 is 5.32 Å². The van der Waals surface area contributed by atoms with Gasteiger partial charge in [-0.05, 0) is 30.4 Å². The van der Waals surface area contributed by atoms with Crippen molar-refractivity contribution in [2.45, 2.75) is 50.3 Å². The van der Waals surface area contributed by atoms with Gasteiger partial charge in [0, 0.05) is 18.0 Å². The Kier molecular flexibility index (Phi) is 5.98. The van der Waals surface area contributed by atoms with Gasteiger partial charge in [0.2, 0.25) is 5.91 Å². The standard InChI is InChI=1S/C20H25N3O5S/c24-18(12-16-4-3-11-29-16)21-17-5-1-2-8-20(17)14-22(9-10-27-20)13-15-6-7-19(28-15)23(25)26/h3-4,6-7,11,17H,1-2,5,8-10,12-14H2,(H,21,24). The number of amides is 1. The Bertz CT molecular complexity index is 848. The molecule has 1 spiro atoms. The van der Waals surface area contributed by atoms with Gasteiger partial charge < -0.3 is 14.5 Å². The molecular formula is C20H25N3O5S. The van der Waals surface area contributed by atoms with Gasteiger partial charge in [-0.1, -0.05) is 18.9 Å². The normalized spacial score (nSPS) is 25.2. The largest absolute Gasteiger partial charge is 0.433 e. The summed E-state index contributed by atoms with van der Waals surface area (Å²) < 4.78 is 11.6. The van der Waals surface area contributed by atoms with Crippen LogP contribution in [0.2, 0.25) is 0 Å². The van der Waals surface area contributed by atoms with E-state index in [1.807, 2.05) is 17.5 Å². The molecule has 2 fully saturated rings. The van der Waals surface area contributed by atoms with Gasteiger partial charge in [-0.3, -0.25) is 19.8 Å². The Morgan fingerprint density at radius 3 is 3.03 bits per heavy atom. The second kappa shape index (κ2) is 8.64. The second-order valence-corrected chi connectivity index (χ2v) is 8.78. The zero-order valence-corrected chi connectivity index (χ0v) is 17.0. The molecule has 1 saturated carbocycles. The first-order chi connectivity index (χ1) is 14.0. The van der Waals surface area contributed by atoms with E-state index in [-0.39, 0.29) is 17.8 Å². The Labute approximate surface area is 173 Å². The molecule has 1 saturated heterocycles. The van der Waals surface area contributed by atoms with E-state index in [1.165, 1.54) is 6.07 Å². The van der Waals surface area contributed by atoms with Crippen molar-refractivity contribution in [2.24, 2.45) is 0 Å². The number of thiophene rings is 1. The van der Waals surface area contributed by atoms with E-state index in [9.17, 15) is 14.9 Å². The maximum atomic E-state index is 12.6. The molecule has 1 N–H and O–H groups in total. The van der Waals surface area contributed by atoms with Gasteiger partial charge in [0.15, 0.2) is 0 Å². The van der Waals surface area contributed by atoms with Crippen molar-refractivity contribution in [3.63, 3.8) is 0 Å². The SMILES string of the molecule is O=C(Cc1cccs1)NC1CCCCC12CN(Cc1ccc([N+](=O)[O-])o1)CCO2. The lowest BCUT2D eigenvalue weighted by Crippen LogP contribution is -2.64. The van der Waals surface area contributed by atoms with Crippen molar-refractivity contribution in [2.75, 3.05) is 19.7 Å². The molecule has 156 valence electrons. The van der Waals surface area contributed by atoms with E-state index in [4.69, 9.17) is 9.15 Å². The molecule has 2 aromatic heterocycles. The number of carbonyl (C=O) groups excluding carboxylic acids is 1. The summed E-state index contributed by atoms with van der Waals surface area (Å²) in [6, 6.07) is 6.94. The van der Waals surface area contributed by atoms with E-state index in [0.29, 0.717) is 31.9 Å². The number of ether oxygens (including phenoxy) is 1. The maximum absolute atomic E-state index is 12.6. The van der Waals surface area contributed by atoms with Crippen LogP contribution in [0, 0.1) is 10.1 Å². The molecule has 0 bridgehead atoms. The molecule has 29 heavy (non-hydrogen) atoms. The van der Waals surface area contributed by atoms with E-state index in [2.05, 4.69) is 10.2 Å². The molecule has 1 aliphatic carbocycles. The summed E-state index contributed by atoms with van der Waals surface area (Å²) in [6.45, 7) is 2.46. The fourth-order valence-electron chi connectivity index (χ4n) is 4.38. The highest BCUT2D eigenvalue weighted by atomic mass is 32.1. The van der Waals surface area contributed by atoms with Gasteiger partial charge in [-0.2, -0.15) is 0 Å². The topological polar surface area (TPSA) is 97.9 Å². The van der Waals surface area contributed by atoms with Gasteiger partial charge >= 0.3 is 5.88 Å². The van der Waals surface area contributed by atoms with Crippen LogP contribution >= 0.6 is 11.3 Å². The monoisotopic (exact) mass is 419 g/mol. The Hall–Kier alpha value is -2.23.